The number of nitrogens with zero attached hydrogens (tertiary/aromatic N) is 1. The molecule has 0 aliphatic carbocycles. The number of aliphatic carboxylic acids is 1. The normalized spacial score (nSPS) is 12.9. The van der Waals surface area contributed by atoms with Gasteiger partial charge in [0, 0.05) is 5.75 Å². The molecule has 0 saturated carbocycles. The van der Waals surface area contributed by atoms with Gasteiger partial charge in [-0.3, -0.25) is 9.63 Å². The average Bonchev–Trinajstić information content (AvgIpc) is 2.44. The highest BCUT2D eigenvalue weighted by molar-refractivity contribution is 7.80. The van der Waals surface area contributed by atoms with Gasteiger partial charge in [-0.2, -0.15) is 17.7 Å². The Balaban J connectivity index is 2.75. The zero-order valence-electron chi connectivity index (χ0n) is 13.6. The number of carboxylic acid groups (broad SMARTS) is 1. The molecule has 1 N–H and O–H groups in total. The van der Waals surface area contributed by atoms with Crippen LogP contribution in [0.5, 0.6) is 0 Å². The number of carbonyl (C=O) groups excluding carboxylic acids is 1. The first-order valence-electron chi connectivity index (χ1n) is 7.22. The van der Waals surface area contributed by atoms with E-state index >= 15 is 0 Å². The minimum atomic E-state index is -1.07. The Morgan fingerprint density at radius 2 is 1.87 bits per heavy atom. The van der Waals surface area contributed by atoms with Gasteiger partial charge in [0.05, 0.1) is 6.54 Å². The third-order valence-corrected chi connectivity index (χ3v) is 3.10. The Bertz CT molecular complexity index is 515. The van der Waals surface area contributed by atoms with E-state index in [-0.39, 0.29) is 18.9 Å². The summed E-state index contributed by atoms with van der Waals surface area (Å²) in [7, 11) is 0. The van der Waals surface area contributed by atoms with E-state index in [9.17, 15) is 14.7 Å². The van der Waals surface area contributed by atoms with Crippen LogP contribution in [0.1, 0.15) is 26.3 Å². The van der Waals surface area contributed by atoms with Gasteiger partial charge < -0.3 is 9.84 Å². The van der Waals surface area contributed by atoms with Gasteiger partial charge >= 0.3 is 11.9 Å². The summed E-state index contributed by atoms with van der Waals surface area (Å²) >= 11 is 4.06. The number of carboxylic acids is 1. The largest absolute Gasteiger partial charge is 0.480 e. The van der Waals surface area contributed by atoms with E-state index < -0.39 is 23.6 Å². The summed E-state index contributed by atoms with van der Waals surface area (Å²) in [6.45, 7) is 5.12. The topological polar surface area (TPSA) is 76.1 Å². The first kappa shape index (κ1) is 19.5. The van der Waals surface area contributed by atoms with Crippen LogP contribution >= 0.6 is 12.6 Å². The second-order valence-corrected chi connectivity index (χ2v) is 6.32. The predicted octanol–water partition coefficient (Wildman–Crippen LogP) is 2.14. The molecule has 0 aromatic heterocycles. The Morgan fingerprint density at radius 3 is 2.35 bits per heavy atom. The quantitative estimate of drug-likeness (QED) is 0.429. The van der Waals surface area contributed by atoms with Crippen molar-refractivity contribution in [2.45, 2.75) is 39.0 Å². The molecule has 7 heteroatoms. The lowest BCUT2D eigenvalue weighted by Gasteiger charge is -2.27. The molecule has 0 unspecified atom stereocenters. The zero-order chi connectivity index (χ0) is 17.5. The molecule has 23 heavy (non-hydrogen) atoms. The Hall–Kier alpha value is -1.57. The Morgan fingerprint density at radius 1 is 1.26 bits per heavy atom. The number of hydroxylamine groups is 2. The van der Waals surface area contributed by atoms with Crippen molar-refractivity contribution in [3.63, 3.8) is 0 Å². The molecule has 0 fully saturated rings. The molecular formula is C16H23NO5S. The summed E-state index contributed by atoms with van der Waals surface area (Å²) in [6, 6.07) is 8.28. The van der Waals surface area contributed by atoms with Crippen LogP contribution in [0.4, 0.5) is 0 Å². The molecule has 0 aliphatic rings. The molecular weight excluding hydrogens is 318 g/mol. The van der Waals surface area contributed by atoms with Gasteiger partial charge in [-0.05, 0) is 26.3 Å². The second-order valence-electron chi connectivity index (χ2n) is 5.96. The highest BCUT2D eigenvalue weighted by Gasteiger charge is 2.27. The van der Waals surface area contributed by atoms with Gasteiger partial charge in [0.25, 0.3) is 0 Å². The lowest BCUT2D eigenvalue weighted by atomic mass is 10.2. The number of carbonyl (C=O) groups is 2. The van der Waals surface area contributed by atoms with Crippen LogP contribution in [0.25, 0.3) is 0 Å². The van der Waals surface area contributed by atoms with Gasteiger partial charge in [0.2, 0.25) is 0 Å². The molecule has 0 saturated heterocycles. The maximum Gasteiger partial charge on any atom is 0.334 e. The van der Waals surface area contributed by atoms with Crippen molar-refractivity contribution in [1.82, 2.24) is 5.06 Å². The standard InChI is InChI=1S/C16H23NO5S/c1-16(2,3)22-14(18)10-21-17(13(11-23)15(19)20)9-12-7-5-4-6-8-12/h4-8,13,23H,9-11H2,1-3H3,(H,19,20)/t13-/m0/s1. The SMILES string of the molecule is CC(C)(C)OC(=O)CON(Cc1ccccc1)[C@@H](CS)C(=O)O. The van der Waals surface area contributed by atoms with Crippen molar-refractivity contribution in [2.24, 2.45) is 0 Å². The third-order valence-electron chi connectivity index (χ3n) is 2.76. The van der Waals surface area contributed by atoms with Crippen LogP contribution in [0.15, 0.2) is 30.3 Å². The van der Waals surface area contributed by atoms with E-state index in [4.69, 9.17) is 9.57 Å². The predicted molar refractivity (Wildman–Crippen MR) is 89.1 cm³/mol. The van der Waals surface area contributed by atoms with Crippen LogP contribution < -0.4 is 0 Å². The number of benzene rings is 1. The fraction of sp³-hybridized carbons (Fsp3) is 0.500. The second kappa shape index (κ2) is 8.90. The van der Waals surface area contributed by atoms with Gasteiger partial charge in [0.15, 0.2) is 6.61 Å². The number of hydrogen-bond donors (Lipinski definition) is 2. The molecule has 128 valence electrons. The van der Waals surface area contributed by atoms with E-state index in [1.807, 2.05) is 30.3 Å². The third kappa shape index (κ3) is 7.49. The first-order valence-corrected chi connectivity index (χ1v) is 7.85. The summed E-state index contributed by atoms with van der Waals surface area (Å²) in [5, 5.41) is 10.5. The van der Waals surface area contributed by atoms with Crippen molar-refractivity contribution in [1.29, 1.82) is 0 Å². The van der Waals surface area contributed by atoms with Crippen molar-refractivity contribution in [3.8, 4) is 0 Å². The van der Waals surface area contributed by atoms with Crippen molar-refractivity contribution in [3.05, 3.63) is 35.9 Å². The van der Waals surface area contributed by atoms with Gasteiger partial charge in [-0.1, -0.05) is 30.3 Å². The molecule has 0 bridgehead atoms. The summed E-state index contributed by atoms with van der Waals surface area (Å²) in [5.41, 5.74) is 0.241. The molecule has 0 spiro atoms. The number of ether oxygens (including phenoxy) is 1. The molecule has 0 aliphatic heterocycles. The minimum Gasteiger partial charge on any atom is -0.480 e. The smallest absolute Gasteiger partial charge is 0.334 e. The van der Waals surface area contributed by atoms with Gasteiger partial charge in [-0.15, -0.1) is 0 Å². The fourth-order valence-electron chi connectivity index (χ4n) is 1.81. The van der Waals surface area contributed by atoms with E-state index in [1.54, 1.807) is 20.8 Å². The highest BCUT2D eigenvalue weighted by atomic mass is 32.1. The van der Waals surface area contributed by atoms with Crippen LogP contribution in [0.2, 0.25) is 0 Å². The van der Waals surface area contributed by atoms with Crippen molar-refractivity contribution >= 4 is 24.6 Å². The monoisotopic (exact) mass is 341 g/mol. The lowest BCUT2D eigenvalue weighted by Crippen LogP contribution is -2.43. The maximum absolute atomic E-state index is 11.8. The molecule has 1 aromatic carbocycles. The Kier molecular flexibility index (Phi) is 7.54. The van der Waals surface area contributed by atoms with Crippen molar-refractivity contribution in [2.75, 3.05) is 12.4 Å². The molecule has 1 rings (SSSR count). The van der Waals surface area contributed by atoms with Crippen LogP contribution in [0, 0.1) is 0 Å². The van der Waals surface area contributed by atoms with Crippen molar-refractivity contribution < 1.29 is 24.3 Å². The molecule has 1 aromatic rings. The number of hydrogen-bond acceptors (Lipinski definition) is 6. The molecule has 0 heterocycles. The number of esters is 1. The summed E-state index contributed by atoms with van der Waals surface area (Å²) in [4.78, 5) is 28.5. The first-order chi connectivity index (χ1) is 10.7. The van der Waals surface area contributed by atoms with E-state index in [2.05, 4.69) is 12.6 Å². The van der Waals surface area contributed by atoms with Crippen LogP contribution in [-0.2, 0) is 25.7 Å². The van der Waals surface area contributed by atoms with E-state index in [0.29, 0.717) is 0 Å². The van der Waals surface area contributed by atoms with E-state index in [0.717, 1.165) is 5.56 Å². The zero-order valence-corrected chi connectivity index (χ0v) is 14.5. The minimum absolute atomic E-state index is 0.0521. The maximum atomic E-state index is 11.8. The van der Waals surface area contributed by atoms with Crippen LogP contribution in [0.3, 0.4) is 0 Å². The molecule has 0 radical (unpaired) electrons. The molecule has 6 nitrogen and oxygen atoms in total. The van der Waals surface area contributed by atoms with Gasteiger partial charge in [-0.25, -0.2) is 4.79 Å². The number of thiol groups is 1. The lowest BCUT2D eigenvalue weighted by molar-refractivity contribution is -0.213. The number of rotatable bonds is 8. The Labute approximate surface area is 141 Å². The summed E-state index contributed by atoms with van der Waals surface area (Å²) in [6.07, 6.45) is 0. The fourth-order valence-corrected chi connectivity index (χ4v) is 2.15. The highest BCUT2D eigenvalue weighted by Crippen LogP contribution is 2.12. The summed E-state index contributed by atoms with van der Waals surface area (Å²) < 4.78 is 5.16. The van der Waals surface area contributed by atoms with Crippen LogP contribution in [-0.4, -0.2) is 46.1 Å². The molecule has 0 amide bonds. The molecule has 1 atom stereocenters. The van der Waals surface area contributed by atoms with Gasteiger partial charge in [0.1, 0.15) is 11.6 Å². The van der Waals surface area contributed by atoms with E-state index in [1.165, 1.54) is 5.06 Å². The summed E-state index contributed by atoms with van der Waals surface area (Å²) in [5.74, 6) is -1.57. The average molecular weight is 341 g/mol.